The zero-order valence-electron chi connectivity index (χ0n) is 4.96. The van der Waals surface area contributed by atoms with Crippen LogP contribution in [0.15, 0.2) is 12.4 Å². The lowest BCUT2D eigenvalue weighted by Gasteiger charge is -1.87. The van der Waals surface area contributed by atoms with Crippen LogP contribution in [0.1, 0.15) is 17.5 Å². The third kappa shape index (κ3) is 1.32. The first-order valence-electron chi connectivity index (χ1n) is 2.50. The summed E-state index contributed by atoms with van der Waals surface area (Å²) < 4.78 is 0. The Bertz CT molecular complexity index is 208. The Morgan fingerprint density at radius 1 is 1.56 bits per heavy atom. The summed E-state index contributed by atoms with van der Waals surface area (Å²) in [4.78, 5) is 17.8. The largest absolute Gasteiger partial charge is 0.291 e. The fourth-order valence-electron chi connectivity index (χ4n) is 0.445. The lowest BCUT2D eigenvalue weighted by atomic mass is 10.4. The van der Waals surface area contributed by atoms with Gasteiger partial charge in [-0.25, -0.2) is 9.97 Å². The van der Waals surface area contributed by atoms with Gasteiger partial charge in [-0.15, -0.1) is 0 Å². The molecule has 1 heterocycles. The number of rotatable bonds is 1. The summed E-state index contributed by atoms with van der Waals surface area (Å²) in [6, 6.07) is 2.61. The molecule has 3 heteroatoms. The van der Waals surface area contributed by atoms with Gasteiger partial charge in [-0.2, -0.15) is 0 Å². The van der Waals surface area contributed by atoms with Crippen molar-refractivity contribution in [2.24, 2.45) is 0 Å². The third-order valence-corrected chi connectivity index (χ3v) is 0.838. The summed E-state index contributed by atoms with van der Waals surface area (Å²) in [5, 5.41) is 0. The number of ketones is 1. The molecule has 0 N–H and O–H groups in total. The van der Waals surface area contributed by atoms with Crippen molar-refractivity contribution >= 4 is 5.78 Å². The van der Waals surface area contributed by atoms with E-state index in [2.05, 4.69) is 16.0 Å². The average molecular weight is 121 g/mol. The zero-order valence-corrected chi connectivity index (χ0v) is 4.96. The second-order valence-electron chi connectivity index (χ2n) is 1.56. The van der Waals surface area contributed by atoms with Gasteiger partial charge in [-0.1, -0.05) is 0 Å². The number of hydrogen-bond donors (Lipinski definition) is 0. The van der Waals surface area contributed by atoms with E-state index in [-0.39, 0.29) is 11.6 Å². The number of nitrogens with zero attached hydrogens (tertiary/aromatic N) is 2. The SMILES string of the molecule is CC(=O)c1nc[c]cn1. The van der Waals surface area contributed by atoms with Crippen LogP contribution in [0.3, 0.4) is 0 Å². The van der Waals surface area contributed by atoms with Crippen molar-refractivity contribution in [3.8, 4) is 0 Å². The van der Waals surface area contributed by atoms with E-state index in [1.165, 1.54) is 19.3 Å². The maximum atomic E-state index is 10.5. The summed E-state index contributed by atoms with van der Waals surface area (Å²) in [6.07, 6.45) is 2.84. The molecule has 0 aliphatic rings. The molecule has 1 rings (SSSR count). The highest BCUT2D eigenvalue weighted by Gasteiger charge is 1.97. The van der Waals surface area contributed by atoms with E-state index < -0.39 is 0 Å². The quantitative estimate of drug-likeness (QED) is 0.507. The van der Waals surface area contributed by atoms with Gasteiger partial charge in [0.05, 0.1) is 0 Å². The molecular formula is C6H5N2O. The third-order valence-electron chi connectivity index (χ3n) is 0.838. The van der Waals surface area contributed by atoms with Crippen molar-refractivity contribution in [1.82, 2.24) is 9.97 Å². The van der Waals surface area contributed by atoms with Crippen LogP contribution in [0.5, 0.6) is 0 Å². The van der Waals surface area contributed by atoms with Crippen molar-refractivity contribution in [3.05, 3.63) is 24.3 Å². The zero-order chi connectivity index (χ0) is 6.69. The normalized spacial score (nSPS) is 9.00. The molecule has 0 aliphatic carbocycles. The number of hydrogen-bond acceptors (Lipinski definition) is 3. The van der Waals surface area contributed by atoms with Crippen molar-refractivity contribution in [3.63, 3.8) is 0 Å². The fourth-order valence-corrected chi connectivity index (χ4v) is 0.445. The standard InChI is InChI=1S/C6H5N2O/c1-5(9)6-7-3-2-4-8-6/h3-4H,1H3. The van der Waals surface area contributed by atoms with Crippen molar-refractivity contribution in [1.29, 1.82) is 0 Å². The molecule has 0 atom stereocenters. The van der Waals surface area contributed by atoms with E-state index in [0.29, 0.717) is 0 Å². The van der Waals surface area contributed by atoms with Gasteiger partial charge < -0.3 is 0 Å². The van der Waals surface area contributed by atoms with Gasteiger partial charge in [0.15, 0.2) is 11.6 Å². The molecule has 1 radical (unpaired) electrons. The van der Waals surface area contributed by atoms with Crippen molar-refractivity contribution < 1.29 is 4.79 Å². The van der Waals surface area contributed by atoms with E-state index in [1.54, 1.807) is 0 Å². The number of carbonyl (C=O) groups is 1. The molecule has 0 saturated carbocycles. The summed E-state index contributed by atoms with van der Waals surface area (Å²) in [5.74, 6) is 0.123. The van der Waals surface area contributed by atoms with Crippen LogP contribution < -0.4 is 0 Å². The highest BCUT2D eigenvalue weighted by Crippen LogP contribution is 1.85. The molecule has 0 spiro atoms. The van der Waals surface area contributed by atoms with Crippen molar-refractivity contribution in [2.75, 3.05) is 0 Å². The lowest BCUT2D eigenvalue weighted by molar-refractivity contribution is 0.100. The van der Waals surface area contributed by atoms with Crippen molar-refractivity contribution in [2.45, 2.75) is 6.92 Å². The first-order valence-corrected chi connectivity index (χ1v) is 2.50. The van der Waals surface area contributed by atoms with Gasteiger partial charge in [-0.05, 0) is 0 Å². The molecule has 9 heavy (non-hydrogen) atoms. The van der Waals surface area contributed by atoms with Gasteiger partial charge in [-0.3, -0.25) is 4.79 Å². The van der Waals surface area contributed by atoms with Crippen LogP contribution in [-0.4, -0.2) is 15.8 Å². The molecule has 0 aliphatic heterocycles. The maximum absolute atomic E-state index is 10.5. The van der Waals surface area contributed by atoms with Crippen LogP contribution in [0.2, 0.25) is 0 Å². The Morgan fingerprint density at radius 3 is 2.44 bits per heavy atom. The van der Waals surface area contributed by atoms with Crippen LogP contribution in [0.4, 0.5) is 0 Å². The van der Waals surface area contributed by atoms with E-state index in [0.717, 1.165) is 0 Å². The Morgan fingerprint density at radius 2 is 2.11 bits per heavy atom. The van der Waals surface area contributed by atoms with Gasteiger partial charge in [0.2, 0.25) is 0 Å². The smallest absolute Gasteiger partial charge is 0.196 e. The molecule has 0 unspecified atom stereocenters. The highest BCUT2D eigenvalue weighted by molar-refractivity contribution is 5.89. The first kappa shape index (κ1) is 5.88. The predicted molar refractivity (Wildman–Crippen MR) is 30.9 cm³/mol. The number of aromatic nitrogens is 2. The minimum atomic E-state index is -0.121. The van der Waals surface area contributed by atoms with Crippen LogP contribution in [-0.2, 0) is 0 Å². The molecule has 0 bridgehead atoms. The summed E-state index contributed by atoms with van der Waals surface area (Å²) in [6.45, 7) is 1.43. The second-order valence-corrected chi connectivity index (χ2v) is 1.56. The Labute approximate surface area is 52.8 Å². The molecular weight excluding hydrogens is 116 g/mol. The van der Waals surface area contributed by atoms with Crippen LogP contribution in [0, 0.1) is 6.07 Å². The summed E-state index contributed by atoms with van der Waals surface area (Å²) >= 11 is 0. The predicted octanol–water partition coefficient (Wildman–Crippen LogP) is 0.479. The minimum absolute atomic E-state index is 0.121. The monoisotopic (exact) mass is 121 g/mol. The minimum Gasteiger partial charge on any atom is -0.291 e. The van der Waals surface area contributed by atoms with E-state index in [1.807, 2.05) is 0 Å². The van der Waals surface area contributed by atoms with Crippen LogP contribution in [0.25, 0.3) is 0 Å². The molecule has 3 nitrogen and oxygen atoms in total. The first-order chi connectivity index (χ1) is 4.30. The second kappa shape index (κ2) is 2.35. The number of Topliss-reactive ketones (excluding diaryl/α,β-unsaturated/α-hetero) is 1. The van der Waals surface area contributed by atoms with E-state index in [9.17, 15) is 4.79 Å². The van der Waals surface area contributed by atoms with Gasteiger partial charge >= 0.3 is 0 Å². The van der Waals surface area contributed by atoms with Gasteiger partial charge in [0.1, 0.15) is 0 Å². The molecule has 45 valence electrons. The molecule has 0 saturated heterocycles. The highest BCUT2D eigenvalue weighted by atomic mass is 16.1. The topological polar surface area (TPSA) is 42.9 Å². The Balaban J connectivity index is 2.98. The average Bonchev–Trinajstić information content (AvgIpc) is 1.90. The van der Waals surface area contributed by atoms with Crippen LogP contribution >= 0.6 is 0 Å². The van der Waals surface area contributed by atoms with Gasteiger partial charge in [0.25, 0.3) is 0 Å². The summed E-state index contributed by atoms with van der Waals surface area (Å²) in [5.41, 5.74) is 0. The molecule has 1 aromatic heterocycles. The maximum Gasteiger partial charge on any atom is 0.196 e. The molecule has 1 aromatic rings. The molecule has 0 aromatic carbocycles. The Kier molecular flexibility index (Phi) is 1.53. The Hall–Kier alpha value is -1.25. The fraction of sp³-hybridized carbons (Fsp3) is 0.167. The van der Waals surface area contributed by atoms with E-state index >= 15 is 0 Å². The van der Waals surface area contributed by atoms with Gasteiger partial charge in [0, 0.05) is 25.4 Å². The molecule has 0 amide bonds. The molecule has 0 fully saturated rings. The van der Waals surface area contributed by atoms with E-state index in [4.69, 9.17) is 0 Å². The summed E-state index contributed by atoms with van der Waals surface area (Å²) in [7, 11) is 0. The number of carbonyl (C=O) groups excluding carboxylic acids is 1. The lowest BCUT2D eigenvalue weighted by Crippen LogP contribution is -1.98.